The Bertz CT molecular complexity index is 820. The Morgan fingerprint density at radius 2 is 1.95 bits per heavy atom. The highest BCUT2D eigenvalue weighted by Crippen LogP contribution is 2.41. The number of thiophene rings is 1. The summed E-state index contributed by atoms with van der Waals surface area (Å²) in [5.74, 6) is -0.918. The van der Waals surface area contributed by atoms with E-state index in [4.69, 9.17) is 11.6 Å². The SMILES string of the molecule is Cc1ccc2sc(C(=O)O)c(-c3ccccc3Cl)c2c1. The van der Waals surface area contributed by atoms with E-state index in [9.17, 15) is 9.90 Å². The van der Waals surface area contributed by atoms with E-state index < -0.39 is 5.97 Å². The lowest BCUT2D eigenvalue weighted by Crippen LogP contribution is -1.95. The second kappa shape index (κ2) is 4.93. The summed E-state index contributed by atoms with van der Waals surface area (Å²) in [6, 6.07) is 13.3. The molecule has 4 heteroatoms. The topological polar surface area (TPSA) is 37.3 Å². The molecule has 20 heavy (non-hydrogen) atoms. The van der Waals surface area contributed by atoms with E-state index in [1.165, 1.54) is 11.3 Å². The predicted octanol–water partition coefficient (Wildman–Crippen LogP) is 5.23. The zero-order valence-electron chi connectivity index (χ0n) is 10.7. The third kappa shape index (κ3) is 2.09. The first-order chi connectivity index (χ1) is 9.58. The molecule has 0 atom stereocenters. The van der Waals surface area contributed by atoms with Crippen LogP contribution < -0.4 is 0 Å². The number of aromatic carboxylic acids is 1. The molecule has 2 aromatic carbocycles. The van der Waals surface area contributed by atoms with Crippen LogP contribution in [0.15, 0.2) is 42.5 Å². The second-order valence-corrected chi connectivity index (χ2v) is 6.05. The molecule has 0 aliphatic heterocycles. The maximum atomic E-state index is 11.5. The van der Waals surface area contributed by atoms with Crippen molar-refractivity contribution in [3.63, 3.8) is 0 Å². The number of benzene rings is 2. The molecule has 2 nitrogen and oxygen atoms in total. The van der Waals surface area contributed by atoms with Gasteiger partial charge in [-0.05, 0) is 25.1 Å². The van der Waals surface area contributed by atoms with Gasteiger partial charge in [0.2, 0.25) is 0 Å². The molecule has 0 bridgehead atoms. The van der Waals surface area contributed by atoms with Gasteiger partial charge in [0.05, 0.1) is 0 Å². The minimum Gasteiger partial charge on any atom is -0.477 e. The predicted molar refractivity (Wildman–Crippen MR) is 84.0 cm³/mol. The van der Waals surface area contributed by atoms with Crippen LogP contribution in [0.2, 0.25) is 5.02 Å². The summed E-state index contributed by atoms with van der Waals surface area (Å²) in [6.45, 7) is 1.99. The van der Waals surface area contributed by atoms with E-state index in [0.717, 1.165) is 21.2 Å². The molecule has 0 amide bonds. The highest BCUT2D eigenvalue weighted by Gasteiger charge is 2.20. The molecule has 0 spiro atoms. The minimum absolute atomic E-state index is 0.332. The first-order valence-electron chi connectivity index (χ1n) is 6.09. The number of rotatable bonds is 2. The quantitative estimate of drug-likeness (QED) is 0.704. The average Bonchev–Trinajstić information content (AvgIpc) is 2.78. The Morgan fingerprint density at radius 1 is 1.20 bits per heavy atom. The summed E-state index contributed by atoms with van der Waals surface area (Å²) in [6.07, 6.45) is 0. The lowest BCUT2D eigenvalue weighted by Gasteiger charge is -2.05. The van der Waals surface area contributed by atoms with Gasteiger partial charge in [-0.3, -0.25) is 0 Å². The molecule has 0 aliphatic carbocycles. The third-order valence-electron chi connectivity index (χ3n) is 3.18. The molecule has 100 valence electrons. The van der Waals surface area contributed by atoms with Crippen molar-refractivity contribution in [3.05, 3.63) is 57.9 Å². The number of hydrogen-bond donors (Lipinski definition) is 1. The molecular formula is C16H11ClO2S. The van der Waals surface area contributed by atoms with Crippen LogP contribution >= 0.6 is 22.9 Å². The van der Waals surface area contributed by atoms with E-state index >= 15 is 0 Å². The van der Waals surface area contributed by atoms with Crippen LogP contribution in [0.5, 0.6) is 0 Å². The van der Waals surface area contributed by atoms with E-state index in [0.29, 0.717) is 15.5 Å². The van der Waals surface area contributed by atoms with Gasteiger partial charge in [-0.2, -0.15) is 0 Å². The zero-order valence-corrected chi connectivity index (χ0v) is 12.3. The van der Waals surface area contributed by atoms with Gasteiger partial charge in [0, 0.05) is 26.2 Å². The van der Waals surface area contributed by atoms with Crippen molar-refractivity contribution in [1.29, 1.82) is 0 Å². The van der Waals surface area contributed by atoms with Crippen LogP contribution in [-0.2, 0) is 0 Å². The van der Waals surface area contributed by atoms with E-state index in [2.05, 4.69) is 0 Å². The number of carboxylic acids is 1. The Hall–Kier alpha value is -1.84. The minimum atomic E-state index is -0.918. The lowest BCUT2D eigenvalue weighted by atomic mass is 10.0. The standard InChI is InChI=1S/C16H11ClO2S/c1-9-6-7-13-11(8-9)14(15(20-13)16(18)19)10-4-2-3-5-12(10)17/h2-8H,1H3,(H,18,19). The number of carbonyl (C=O) groups is 1. The molecule has 0 saturated heterocycles. The highest BCUT2D eigenvalue weighted by atomic mass is 35.5. The zero-order chi connectivity index (χ0) is 14.3. The third-order valence-corrected chi connectivity index (χ3v) is 4.67. The molecule has 3 rings (SSSR count). The molecule has 0 aliphatic rings. The van der Waals surface area contributed by atoms with Crippen LogP contribution in [-0.4, -0.2) is 11.1 Å². The van der Waals surface area contributed by atoms with Gasteiger partial charge < -0.3 is 5.11 Å². The van der Waals surface area contributed by atoms with E-state index in [1.54, 1.807) is 6.07 Å². The van der Waals surface area contributed by atoms with Gasteiger partial charge in [-0.15, -0.1) is 11.3 Å². The van der Waals surface area contributed by atoms with Gasteiger partial charge in [-0.25, -0.2) is 4.79 Å². The Morgan fingerprint density at radius 3 is 2.65 bits per heavy atom. The molecule has 1 aromatic heterocycles. The van der Waals surface area contributed by atoms with Gasteiger partial charge in [-0.1, -0.05) is 41.4 Å². The van der Waals surface area contributed by atoms with Crippen molar-refractivity contribution in [2.75, 3.05) is 0 Å². The number of fused-ring (bicyclic) bond motifs is 1. The summed E-state index contributed by atoms with van der Waals surface area (Å²) in [5, 5.41) is 11.0. The summed E-state index contributed by atoms with van der Waals surface area (Å²) in [7, 11) is 0. The Balaban J connectivity index is 2.43. The Kier molecular flexibility index (Phi) is 3.24. The fraction of sp³-hybridized carbons (Fsp3) is 0.0625. The summed E-state index contributed by atoms with van der Waals surface area (Å²) in [5.41, 5.74) is 2.58. The van der Waals surface area contributed by atoms with Crippen LogP contribution in [0, 0.1) is 6.92 Å². The normalized spacial score (nSPS) is 10.9. The summed E-state index contributed by atoms with van der Waals surface area (Å²) in [4.78, 5) is 11.9. The molecule has 1 heterocycles. The van der Waals surface area contributed by atoms with E-state index in [1.807, 2.05) is 43.3 Å². The van der Waals surface area contributed by atoms with Gasteiger partial charge in [0.1, 0.15) is 4.88 Å². The number of aryl methyl sites for hydroxylation is 1. The number of carboxylic acid groups (broad SMARTS) is 1. The summed E-state index contributed by atoms with van der Waals surface area (Å²) < 4.78 is 0.961. The van der Waals surface area contributed by atoms with Gasteiger partial charge in [0.25, 0.3) is 0 Å². The number of halogens is 1. The second-order valence-electron chi connectivity index (χ2n) is 4.59. The summed E-state index contributed by atoms with van der Waals surface area (Å²) >= 11 is 7.53. The van der Waals surface area contributed by atoms with Crippen LogP contribution in [0.1, 0.15) is 15.2 Å². The molecular weight excluding hydrogens is 292 g/mol. The fourth-order valence-corrected chi connectivity index (χ4v) is 3.56. The molecule has 0 saturated carbocycles. The monoisotopic (exact) mass is 302 g/mol. The first-order valence-corrected chi connectivity index (χ1v) is 7.28. The van der Waals surface area contributed by atoms with Crippen LogP contribution in [0.3, 0.4) is 0 Å². The van der Waals surface area contributed by atoms with Crippen molar-refractivity contribution in [2.45, 2.75) is 6.92 Å². The molecule has 0 radical (unpaired) electrons. The Labute approximate surface area is 125 Å². The maximum absolute atomic E-state index is 11.5. The molecule has 1 N–H and O–H groups in total. The van der Waals surface area contributed by atoms with Crippen LogP contribution in [0.25, 0.3) is 21.2 Å². The maximum Gasteiger partial charge on any atom is 0.346 e. The van der Waals surface area contributed by atoms with Gasteiger partial charge >= 0.3 is 5.97 Å². The van der Waals surface area contributed by atoms with Crippen molar-refractivity contribution in [2.24, 2.45) is 0 Å². The first kappa shape index (κ1) is 13.2. The highest BCUT2D eigenvalue weighted by molar-refractivity contribution is 7.21. The van der Waals surface area contributed by atoms with Crippen molar-refractivity contribution < 1.29 is 9.90 Å². The molecule has 3 aromatic rings. The lowest BCUT2D eigenvalue weighted by molar-refractivity contribution is 0.0703. The molecule has 0 unspecified atom stereocenters. The van der Waals surface area contributed by atoms with Gasteiger partial charge in [0.15, 0.2) is 0 Å². The van der Waals surface area contributed by atoms with Crippen molar-refractivity contribution >= 4 is 39.0 Å². The van der Waals surface area contributed by atoms with Crippen LogP contribution in [0.4, 0.5) is 0 Å². The van der Waals surface area contributed by atoms with E-state index in [-0.39, 0.29) is 0 Å². The fourth-order valence-electron chi connectivity index (χ4n) is 2.29. The average molecular weight is 303 g/mol. The smallest absolute Gasteiger partial charge is 0.346 e. The van der Waals surface area contributed by atoms with Crippen molar-refractivity contribution in [3.8, 4) is 11.1 Å². The van der Waals surface area contributed by atoms with Crippen molar-refractivity contribution in [1.82, 2.24) is 0 Å². The number of hydrogen-bond acceptors (Lipinski definition) is 2. The largest absolute Gasteiger partial charge is 0.477 e. The molecule has 0 fully saturated rings.